The average molecular weight is 578 g/mol. The van der Waals surface area contributed by atoms with E-state index in [0.717, 1.165) is 16.0 Å². The van der Waals surface area contributed by atoms with Crippen molar-refractivity contribution in [1.29, 1.82) is 5.26 Å². The molecule has 1 atom stereocenters. The van der Waals surface area contributed by atoms with E-state index in [2.05, 4.69) is 40.4 Å². The number of rotatable bonds is 7. The van der Waals surface area contributed by atoms with Crippen LogP contribution in [0.4, 0.5) is 10.6 Å². The van der Waals surface area contributed by atoms with E-state index in [1.54, 1.807) is 53.9 Å². The highest BCUT2D eigenvalue weighted by Gasteiger charge is 2.33. The highest BCUT2D eigenvalue weighted by Crippen LogP contribution is 2.32. The molecule has 1 saturated heterocycles. The van der Waals surface area contributed by atoms with E-state index in [0.29, 0.717) is 39.5 Å². The number of hydrogen-bond acceptors (Lipinski definition) is 8. The lowest BCUT2D eigenvalue weighted by Crippen LogP contribution is -2.34. The van der Waals surface area contributed by atoms with Crippen LogP contribution in [-0.2, 0) is 4.74 Å². The van der Waals surface area contributed by atoms with Gasteiger partial charge >= 0.3 is 6.09 Å². The summed E-state index contributed by atoms with van der Waals surface area (Å²) in [5.74, 6) is 0.795. The number of carbonyl (C=O) groups excluding carboxylic acids is 2. The van der Waals surface area contributed by atoms with Crippen molar-refractivity contribution in [2.24, 2.45) is 0 Å². The zero-order chi connectivity index (χ0) is 29.4. The number of cyclic esters (lactones) is 1. The molecule has 2 amide bonds. The predicted molar refractivity (Wildman–Crippen MR) is 160 cm³/mol. The summed E-state index contributed by atoms with van der Waals surface area (Å²) < 4.78 is 11.5. The second kappa shape index (κ2) is 11.1. The third-order valence-corrected chi connectivity index (χ3v) is 8.13. The lowest BCUT2D eigenvalue weighted by molar-refractivity contribution is 0.0916. The molecule has 1 aliphatic rings. The van der Waals surface area contributed by atoms with Crippen molar-refractivity contribution in [3.8, 4) is 28.0 Å². The molecule has 1 N–H and O–H groups in total. The number of pyridine rings is 1. The minimum Gasteiger partial charge on any atom is -0.442 e. The molecule has 1 aliphatic heterocycles. The number of benzene rings is 2. The third kappa shape index (κ3) is 5.34. The highest BCUT2D eigenvalue weighted by molar-refractivity contribution is 7.15. The Balaban J connectivity index is 1.08. The molecule has 0 aliphatic carbocycles. The van der Waals surface area contributed by atoms with Crippen LogP contribution in [0, 0.1) is 18.3 Å². The van der Waals surface area contributed by atoms with Gasteiger partial charge in [-0.25, -0.2) is 14.8 Å². The normalized spacial score (nSPS) is 14.8. The first-order chi connectivity index (χ1) is 20.3. The summed E-state index contributed by atoms with van der Waals surface area (Å²) in [5, 5.41) is 12.2. The van der Waals surface area contributed by atoms with E-state index in [9.17, 15) is 14.9 Å². The molecule has 0 radical (unpaired) electrons. The first-order valence-corrected chi connectivity index (χ1v) is 14.3. The fraction of sp³-hybridized carbons (Fsp3) is 0.219. The minimum atomic E-state index is -0.504. The predicted octanol–water partition coefficient (Wildman–Crippen LogP) is 6.68. The highest BCUT2D eigenvalue weighted by atomic mass is 32.1. The number of oxazole rings is 1. The van der Waals surface area contributed by atoms with Gasteiger partial charge in [-0.2, -0.15) is 5.26 Å². The molecular weight excluding hydrogens is 550 g/mol. The van der Waals surface area contributed by atoms with E-state index < -0.39 is 12.2 Å². The van der Waals surface area contributed by atoms with Gasteiger partial charge in [-0.05, 0) is 73.5 Å². The Labute approximate surface area is 246 Å². The van der Waals surface area contributed by atoms with E-state index >= 15 is 0 Å². The number of amides is 2. The van der Waals surface area contributed by atoms with Crippen LogP contribution in [0.3, 0.4) is 0 Å². The third-order valence-electron chi connectivity index (χ3n) is 7.08. The van der Waals surface area contributed by atoms with Crippen molar-refractivity contribution in [1.82, 2.24) is 15.3 Å². The molecule has 3 aromatic heterocycles. The number of thiophene rings is 1. The second-order valence-corrected chi connectivity index (χ2v) is 11.7. The van der Waals surface area contributed by atoms with Gasteiger partial charge < -0.3 is 14.5 Å². The molecule has 2 aromatic carbocycles. The number of nitrogens with zero attached hydrogens (tertiary/aromatic N) is 4. The van der Waals surface area contributed by atoms with Crippen molar-refractivity contribution >= 4 is 40.3 Å². The van der Waals surface area contributed by atoms with Gasteiger partial charge in [0.25, 0.3) is 5.91 Å². The van der Waals surface area contributed by atoms with Crippen molar-refractivity contribution in [3.63, 3.8) is 0 Å². The van der Waals surface area contributed by atoms with Gasteiger partial charge in [-0.1, -0.05) is 13.8 Å². The molecule has 42 heavy (non-hydrogen) atoms. The topological polar surface area (TPSA) is 121 Å². The fourth-order valence-corrected chi connectivity index (χ4v) is 5.70. The largest absolute Gasteiger partial charge is 0.442 e. The number of ether oxygens (including phenoxy) is 1. The van der Waals surface area contributed by atoms with Gasteiger partial charge in [0.15, 0.2) is 5.58 Å². The van der Waals surface area contributed by atoms with Gasteiger partial charge in [0.05, 0.1) is 24.7 Å². The van der Waals surface area contributed by atoms with Crippen LogP contribution in [0.5, 0.6) is 0 Å². The quantitative estimate of drug-likeness (QED) is 0.229. The molecule has 210 valence electrons. The van der Waals surface area contributed by atoms with E-state index in [4.69, 9.17) is 9.15 Å². The average Bonchev–Trinajstić information content (AvgIpc) is 3.73. The number of hydrogen-bond donors (Lipinski definition) is 1. The molecule has 4 heterocycles. The maximum absolute atomic E-state index is 12.8. The van der Waals surface area contributed by atoms with E-state index in [-0.39, 0.29) is 24.9 Å². The van der Waals surface area contributed by atoms with Gasteiger partial charge in [0.1, 0.15) is 17.4 Å². The molecular formula is C32H27N5O4S. The van der Waals surface area contributed by atoms with Gasteiger partial charge in [-0.15, -0.1) is 11.3 Å². The Morgan fingerprint density at radius 2 is 1.93 bits per heavy atom. The first-order valence-electron chi connectivity index (χ1n) is 13.5. The van der Waals surface area contributed by atoms with Crippen molar-refractivity contribution < 1.29 is 18.7 Å². The van der Waals surface area contributed by atoms with Crippen LogP contribution >= 0.6 is 11.3 Å². The second-order valence-electron chi connectivity index (χ2n) is 10.4. The Kier molecular flexibility index (Phi) is 7.19. The lowest BCUT2D eigenvalue weighted by Gasteiger charge is -2.12. The molecule has 5 aromatic rings. The maximum atomic E-state index is 12.8. The number of anilines is 1. The molecule has 1 fully saturated rings. The van der Waals surface area contributed by atoms with E-state index in [1.165, 1.54) is 9.78 Å². The molecule has 1 unspecified atom stereocenters. The number of fused-ring (bicyclic) bond motifs is 1. The fourth-order valence-electron chi connectivity index (χ4n) is 4.84. The summed E-state index contributed by atoms with van der Waals surface area (Å²) in [6.45, 7) is 6.58. The smallest absolute Gasteiger partial charge is 0.416 e. The summed E-state index contributed by atoms with van der Waals surface area (Å²) >= 11 is 1.69. The number of nitrogens with one attached hydrogen (secondary N) is 1. The Morgan fingerprint density at radius 3 is 2.60 bits per heavy atom. The van der Waals surface area contributed by atoms with Crippen molar-refractivity contribution in [3.05, 3.63) is 88.4 Å². The van der Waals surface area contributed by atoms with Crippen LogP contribution in [0.25, 0.3) is 33.0 Å². The molecule has 6 rings (SSSR count). The van der Waals surface area contributed by atoms with Crippen LogP contribution in [0.1, 0.15) is 46.1 Å². The summed E-state index contributed by atoms with van der Waals surface area (Å²) in [5.41, 5.74) is 4.89. The van der Waals surface area contributed by atoms with Crippen LogP contribution in [0.15, 0.2) is 71.3 Å². The number of aryl methyl sites for hydroxylation is 1. The van der Waals surface area contributed by atoms with Gasteiger partial charge in [0.2, 0.25) is 5.89 Å². The standard InChI is InChI=1S/C32H27N5O4S/c1-18(2)25-12-20(14-33)13-26-29(25)41-31(36-26)22-7-5-21(6-8-22)30(38)35-16-24-17-37(32(39)40-24)28-11-9-23(15-34-28)27-10-4-19(3)42-27/h4-13,15,18,24H,16-17H2,1-3H3,(H,35,38). The maximum Gasteiger partial charge on any atom is 0.416 e. The van der Waals surface area contributed by atoms with Crippen LogP contribution in [-0.4, -0.2) is 41.2 Å². The van der Waals surface area contributed by atoms with Crippen LogP contribution in [0.2, 0.25) is 0 Å². The Hall–Kier alpha value is -5.01. The molecule has 0 bridgehead atoms. The number of aromatic nitrogens is 2. The molecule has 0 saturated carbocycles. The Bertz CT molecular complexity index is 1830. The summed E-state index contributed by atoms with van der Waals surface area (Å²) in [4.78, 5) is 38.2. The summed E-state index contributed by atoms with van der Waals surface area (Å²) in [6, 6.07) is 20.5. The molecule has 10 heteroatoms. The zero-order valence-corrected chi connectivity index (χ0v) is 24.1. The first kappa shape index (κ1) is 27.2. The lowest BCUT2D eigenvalue weighted by atomic mass is 10.00. The minimum absolute atomic E-state index is 0.163. The SMILES string of the molecule is Cc1ccc(-c2ccc(N3CC(CNC(=O)c4ccc(-c5nc6cc(C#N)cc(C(C)C)c6o5)cc4)OC3=O)nc2)s1. The van der Waals surface area contributed by atoms with Crippen LogP contribution < -0.4 is 10.2 Å². The van der Waals surface area contributed by atoms with Crippen molar-refractivity contribution in [2.75, 3.05) is 18.0 Å². The zero-order valence-electron chi connectivity index (χ0n) is 23.2. The van der Waals surface area contributed by atoms with E-state index in [1.807, 2.05) is 26.0 Å². The van der Waals surface area contributed by atoms with Gasteiger partial charge in [0, 0.05) is 38.2 Å². The molecule has 0 spiro atoms. The van der Waals surface area contributed by atoms with Gasteiger partial charge in [-0.3, -0.25) is 9.69 Å². The van der Waals surface area contributed by atoms with Crippen molar-refractivity contribution in [2.45, 2.75) is 32.8 Å². The Morgan fingerprint density at radius 1 is 1.14 bits per heavy atom. The number of nitriles is 1. The molecule has 9 nitrogen and oxygen atoms in total. The number of carbonyl (C=O) groups is 2. The summed E-state index contributed by atoms with van der Waals surface area (Å²) in [7, 11) is 0. The monoisotopic (exact) mass is 577 g/mol. The summed E-state index contributed by atoms with van der Waals surface area (Å²) in [6.07, 6.45) is 0.752.